The van der Waals surface area contributed by atoms with Crippen molar-refractivity contribution in [3.63, 3.8) is 0 Å². The van der Waals surface area contributed by atoms with E-state index >= 15 is 0 Å². The quantitative estimate of drug-likeness (QED) is 0.515. The Hall–Kier alpha value is -2.31. The van der Waals surface area contributed by atoms with Gasteiger partial charge in [0.05, 0.1) is 15.6 Å². The Bertz CT molecular complexity index is 903. The van der Waals surface area contributed by atoms with E-state index in [4.69, 9.17) is 27.9 Å². The minimum Gasteiger partial charge on any atom is -0.402 e. The average molecular weight is 386 g/mol. The zero-order valence-electron chi connectivity index (χ0n) is 12.3. The van der Waals surface area contributed by atoms with Gasteiger partial charge in [0.2, 0.25) is 5.90 Å². The minimum atomic E-state index is -4.42. The molecule has 3 nitrogen and oxygen atoms in total. The summed E-state index contributed by atoms with van der Waals surface area (Å²) in [6.07, 6.45) is -3.08. The molecule has 0 saturated carbocycles. The summed E-state index contributed by atoms with van der Waals surface area (Å²) in [6, 6.07) is 8.96. The molecule has 3 rings (SSSR count). The number of hydrogen-bond donors (Lipinski definition) is 0. The fourth-order valence-electron chi connectivity index (χ4n) is 2.09. The van der Waals surface area contributed by atoms with E-state index in [2.05, 4.69) is 4.99 Å². The number of esters is 1. The molecule has 2 aromatic carbocycles. The van der Waals surface area contributed by atoms with Crippen LogP contribution in [0.1, 0.15) is 16.7 Å². The topological polar surface area (TPSA) is 38.7 Å². The molecule has 0 bridgehead atoms. The molecule has 0 radical (unpaired) electrons. The Morgan fingerprint density at radius 2 is 1.68 bits per heavy atom. The number of alkyl halides is 3. The van der Waals surface area contributed by atoms with Crippen LogP contribution in [0.3, 0.4) is 0 Å². The lowest BCUT2D eigenvalue weighted by atomic mass is 10.1. The third-order valence-electron chi connectivity index (χ3n) is 3.33. The van der Waals surface area contributed by atoms with Gasteiger partial charge in [-0.15, -0.1) is 0 Å². The van der Waals surface area contributed by atoms with Crippen molar-refractivity contribution in [2.24, 2.45) is 4.99 Å². The van der Waals surface area contributed by atoms with Gasteiger partial charge in [0.15, 0.2) is 5.70 Å². The summed E-state index contributed by atoms with van der Waals surface area (Å²) >= 11 is 11.7. The van der Waals surface area contributed by atoms with E-state index in [9.17, 15) is 18.0 Å². The molecular weight excluding hydrogens is 378 g/mol. The highest BCUT2D eigenvalue weighted by atomic mass is 35.5. The van der Waals surface area contributed by atoms with Crippen LogP contribution < -0.4 is 0 Å². The van der Waals surface area contributed by atoms with Gasteiger partial charge in [0.25, 0.3) is 0 Å². The first-order valence-electron chi connectivity index (χ1n) is 6.89. The van der Waals surface area contributed by atoms with E-state index < -0.39 is 17.7 Å². The van der Waals surface area contributed by atoms with E-state index in [1.165, 1.54) is 30.3 Å². The Balaban J connectivity index is 1.89. The zero-order valence-corrected chi connectivity index (χ0v) is 13.8. The second kappa shape index (κ2) is 6.54. The number of carbonyl (C=O) groups excluding carboxylic acids is 1. The van der Waals surface area contributed by atoms with Crippen molar-refractivity contribution < 1.29 is 22.7 Å². The lowest BCUT2D eigenvalue weighted by molar-refractivity contribution is -0.137. The molecule has 0 unspecified atom stereocenters. The van der Waals surface area contributed by atoms with Crippen LogP contribution in [0.2, 0.25) is 10.0 Å². The maximum absolute atomic E-state index is 12.6. The van der Waals surface area contributed by atoms with Crippen LogP contribution in [-0.2, 0) is 15.7 Å². The van der Waals surface area contributed by atoms with E-state index in [1.54, 1.807) is 6.07 Å². The SMILES string of the molecule is O=C1OC(c2ccc(Cl)c(Cl)c2)=N/C1=C\c1ccc(C(F)(F)F)cc1. The van der Waals surface area contributed by atoms with Crippen molar-refractivity contribution in [3.8, 4) is 0 Å². The number of carbonyl (C=O) groups is 1. The van der Waals surface area contributed by atoms with E-state index in [0.29, 0.717) is 16.1 Å². The molecule has 128 valence electrons. The van der Waals surface area contributed by atoms with Crippen molar-refractivity contribution in [1.29, 1.82) is 0 Å². The Kier molecular flexibility index (Phi) is 4.58. The molecule has 2 aromatic rings. The van der Waals surface area contributed by atoms with Gasteiger partial charge in [-0.1, -0.05) is 35.3 Å². The van der Waals surface area contributed by atoms with Crippen LogP contribution in [-0.4, -0.2) is 11.9 Å². The van der Waals surface area contributed by atoms with Crippen molar-refractivity contribution in [3.05, 3.63) is 74.9 Å². The Morgan fingerprint density at radius 1 is 1.00 bits per heavy atom. The van der Waals surface area contributed by atoms with Gasteiger partial charge in [0, 0.05) is 5.56 Å². The lowest BCUT2D eigenvalue weighted by Gasteiger charge is -2.05. The second-order valence-corrected chi connectivity index (χ2v) is 5.90. The first kappa shape index (κ1) is 17.5. The predicted octanol–water partition coefficient (Wildman–Crippen LogP) is 5.36. The van der Waals surface area contributed by atoms with Gasteiger partial charge in [-0.2, -0.15) is 13.2 Å². The molecule has 0 aromatic heterocycles. The number of rotatable bonds is 2. The molecule has 1 heterocycles. The van der Waals surface area contributed by atoms with Crippen LogP contribution >= 0.6 is 23.2 Å². The van der Waals surface area contributed by atoms with E-state index in [1.807, 2.05) is 0 Å². The van der Waals surface area contributed by atoms with E-state index in [0.717, 1.165) is 12.1 Å². The number of nitrogens with zero attached hydrogens (tertiary/aromatic N) is 1. The van der Waals surface area contributed by atoms with Crippen LogP contribution in [0.4, 0.5) is 13.2 Å². The van der Waals surface area contributed by atoms with Gasteiger partial charge in [0.1, 0.15) is 0 Å². The summed E-state index contributed by atoms with van der Waals surface area (Å²) in [5, 5.41) is 0.619. The molecule has 0 N–H and O–H groups in total. The molecular formula is C17H8Cl2F3NO2. The molecule has 0 atom stereocenters. The van der Waals surface area contributed by atoms with Crippen LogP contribution in [0, 0.1) is 0 Å². The molecule has 0 fully saturated rings. The smallest absolute Gasteiger partial charge is 0.402 e. The van der Waals surface area contributed by atoms with Crippen LogP contribution in [0.5, 0.6) is 0 Å². The minimum absolute atomic E-state index is 0.0270. The van der Waals surface area contributed by atoms with E-state index in [-0.39, 0.29) is 16.6 Å². The van der Waals surface area contributed by atoms with Gasteiger partial charge in [-0.3, -0.25) is 0 Å². The molecule has 0 amide bonds. The zero-order chi connectivity index (χ0) is 18.2. The normalized spacial score (nSPS) is 16.1. The number of aliphatic imine (C=N–C) groups is 1. The van der Waals surface area contributed by atoms with Gasteiger partial charge in [-0.25, -0.2) is 9.79 Å². The highest BCUT2D eigenvalue weighted by Gasteiger charge is 2.30. The molecule has 1 aliphatic heterocycles. The molecule has 1 aliphatic rings. The monoisotopic (exact) mass is 385 g/mol. The fourth-order valence-corrected chi connectivity index (χ4v) is 2.39. The third kappa shape index (κ3) is 3.86. The number of ether oxygens (including phenoxy) is 1. The van der Waals surface area contributed by atoms with Crippen molar-refractivity contribution >= 4 is 41.1 Å². The van der Waals surface area contributed by atoms with Gasteiger partial charge in [-0.05, 0) is 42.0 Å². The molecule has 8 heteroatoms. The molecule has 25 heavy (non-hydrogen) atoms. The standard InChI is InChI=1S/C17H8Cl2F3NO2/c18-12-6-3-10(8-13(12)19)15-23-14(16(24)25-15)7-9-1-4-11(5-2-9)17(20,21)22/h1-8H/b14-7-. The average Bonchev–Trinajstić information content (AvgIpc) is 2.91. The molecule has 0 spiro atoms. The Labute approximate surface area is 150 Å². The number of cyclic esters (lactones) is 1. The fraction of sp³-hybridized carbons (Fsp3) is 0.0588. The molecule has 0 aliphatic carbocycles. The third-order valence-corrected chi connectivity index (χ3v) is 4.07. The molecule has 0 saturated heterocycles. The summed E-state index contributed by atoms with van der Waals surface area (Å²) in [6.45, 7) is 0. The maximum Gasteiger partial charge on any atom is 0.416 e. The second-order valence-electron chi connectivity index (χ2n) is 5.08. The summed E-state index contributed by atoms with van der Waals surface area (Å²) in [5.74, 6) is -0.664. The lowest BCUT2D eigenvalue weighted by Crippen LogP contribution is -2.05. The maximum atomic E-state index is 12.6. The summed E-state index contributed by atoms with van der Waals surface area (Å²) in [4.78, 5) is 16.0. The number of hydrogen-bond acceptors (Lipinski definition) is 3. The number of benzene rings is 2. The first-order valence-corrected chi connectivity index (χ1v) is 7.65. The van der Waals surface area contributed by atoms with Crippen molar-refractivity contribution in [1.82, 2.24) is 0 Å². The highest BCUT2D eigenvalue weighted by Crippen LogP contribution is 2.30. The Morgan fingerprint density at radius 3 is 2.28 bits per heavy atom. The largest absolute Gasteiger partial charge is 0.416 e. The summed E-state index contributed by atoms with van der Waals surface area (Å²) in [7, 11) is 0. The highest BCUT2D eigenvalue weighted by molar-refractivity contribution is 6.42. The van der Waals surface area contributed by atoms with Crippen molar-refractivity contribution in [2.75, 3.05) is 0 Å². The van der Waals surface area contributed by atoms with Crippen LogP contribution in [0.15, 0.2) is 53.2 Å². The predicted molar refractivity (Wildman–Crippen MR) is 88.5 cm³/mol. The van der Waals surface area contributed by atoms with Crippen LogP contribution in [0.25, 0.3) is 6.08 Å². The van der Waals surface area contributed by atoms with Gasteiger partial charge >= 0.3 is 12.1 Å². The number of halogens is 5. The van der Waals surface area contributed by atoms with Gasteiger partial charge < -0.3 is 4.74 Å². The first-order chi connectivity index (χ1) is 11.7. The summed E-state index contributed by atoms with van der Waals surface area (Å²) in [5.41, 5.74) is 0.0436. The summed E-state index contributed by atoms with van der Waals surface area (Å²) < 4.78 is 42.7. The van der Waals surface area contributed by atoms with Crippen molar-refractivity contribution in [2.45, 2.75) is 6.18 Å².